The quantitative estimate of drug-likeness (QED) is 0.766. The van der Waals surface area contributed by atoms with Gasteiger partial charge < -0.3 is 10.2 Å². The number of rotatable bonds is 5. The van der Waals surface area contributed by atoms with Crippen LogP contribution in [-0.4, -0.2) is 61.7 Å². The molecule has 1 heterocycles. The Morgan fingerprint density at radius 2 is 2.00 bits per heavy atom. The summed E-state index contributed by atoms with van der Waals surface area (Å²) in [7, 11) is 4.40. The van der Waals surface area contributed by atoms with E-state index in [1.807, 2.05) is 0 Å². The highest BCUT2D eigenvalue weighted by atomic mass is 15.2. The van der Waals surface area contributed by atoms with Gasteiger partial charge in [-0.05, 0) is 40.4 Å². The number of likely N-dealkylation sites (N-methyl/N-ethyl adjacent to an activating group) is 1. The van der Waals surface area contributed by atoms with E-state index in [0.29, 0.717) is 12.1 Å². The molecule has 0 aromatic carbocycles. The van der Waals surface area contributed by atoms with Crippen molar-refractivity contribution in [3.63, 3.8) is 0 Å². The topological polar surface area (TPSA) is 18.5 Å². The Morgan fingerprint density at radius 3 is 2.56 bits per heavy atom. The Bertz CT molecular complexity index is 192. The van der Waals surface area contributed by atoms with E-state index in [0.717, 1.165) is 12.6 Å². The minimum atomic E-state index is 0.594. The molecule has 0 spiro atoms. The van der Waals surface area contributed by atoms with E-state index in [1.54, 1.807) is 0 Å². The summed E-state index contributed by atoms with van der Waals surface area (Å²) in [6.45, 7) is 10.4. The van der Waals surface area contributed by atoms with E-state index in [2.05, 4.69) is 50.0 Å². The van der Waals surface area contributed by atoms with Gasteiger partial charge in [0, 0.05) is 31.2 Å². The van der Waals surface area contributed by atoms with E-state index in [9.17, 15) is 0 Å². The average molecular weight is 227 g/mol. The van der Waals surface area contributed by atoms with Crippen LogP contribution >= 0.6 is 0 Å². The number of hydrogen-bond donors (Lipinski definition) is 1. The van der Waals surface area contributed by atoms with Crippen LogP contribution in [0.4, 0.5) is 0 Å². The molecule has 1 aliphatic heterocycles. The van der Waals surface area contributed by atoms with Crippen LogP contribution in [-0.2, 0) is 0 Å². The van der Waals surface area contributed by atoms with Gasteiger partial charge in [-0.25, -0.2) is 0 Å². The lowest BCUT2D eigenvalue weighted by molar-refractivity contribution is 0.101. The maximum atomic E-state index is 3.53. The highest BCUT2D eigenvalue weighted by molar-refractivity contribution is 4.82. The van der Waals surface area contributed by atoms with Crippen molar-refractivity contribution >= 4 is 0 Å². The van der Waals surface area contributed by atoms with E-state index in [1.165, 1.54) is 25.9 Å². The molecule has 0 radical (unpaired) electrons. The standard InChI is InChI=1S/C13H29N3/c1-11(2)14-9-12(3)16-8-6-7-13(10-16)15(4)5/h11-14H,6-10H2,1-5H3. The first kappa shape index (κ1) is 13.9. The third kappa shape index (κ3) is 4.40. The van der Waals surface area contributed by atoms with Crippen LogP contribution in [0, 0.1) is 0 Å². The van der Waals surface area contributed by atoms with Crippen LogP contribution in [0.15, 0.2) is 0 Å². The minimum absolute atomic E-state index is 0.594. The van der Waals surface area contributed by atoms with Gasteiger partial charge in [0.15, 0.2) is 0 Å². The second-order valence-corrected chi connectivity index (χ2v) is 5.67. The van der Waals surface area contributed by atoms with Gasteiger partial charge in [0.1, 0.15) is 0 Å². The van der Waals surface area contributed by atoms with Crippen LogP contribution < -0.4 is 5.32 Å². The van der Waals surface area contributed by atoms with Crippen molar-refractivity contribution in [1.82, 2.24) is 15.1 Å². The molecular weight excluding hydrogens is 198 g/mol. The molecule has 3 nitrogen and oxygen atoms in total. The minimum Gasteiger partial charge on any atom is -0.313 e. The molecule has 1 rings (SSSR count). The third-order valence-electron chi connectivity index (χ3n) is 3.60. The van der Waals surface area contributed by atoms with Crippen LogP contribution in [0.25, 0.3) is 0 Å². The molecule has 0 aromatic rings. The fourth-order valence-electron chi connectivity index (χ4n) is 2.34. The summed E-state index contributed by atoms with van der Waals surface area (Å²) in [6, 6.07) is 2.00. The Hall–Kier alpha value is -0.120. The molecule has 0 saturated carbocycles. The monoisotopic (exact) mass is 227 g/mol. The maximum absolute atomic E-state index is 3.53. The van der Waals surface area contributed by atoms with Crippen molar-refractivity contribution in [3.8, 4) is 0 Å². The molecule has 1 N–H and O–H groups in total. The fraction of sp³-hybridized carbons (Fsp3) is 1.00. The first-order valence-corrected chi connectivity index (χ1v) is 6.64. The Labute approximate surface area is 101 Å². The number of nitrogens with one attached hydrogen (secondary N) is 1. The second-order valence-electron chi connectivity index (χ2n) is 5.67. The number of nitrogens with zero attached hydrogens (tertiary/aromatic N) is 2. The molecule has 1 fully saturated rings. The zero-order valence-electron chi connectivity index (χ0n) is 11.7. The van der Waals surface area contributed by atoms with Gasteiger partial charge in [0.2, 0.25) is 0 Å². The number of likely N-dealkylation sites (tertiary alicyclic amines) is 1. The zero-order valence-corrected chi connectivity index (χ0v) is 11.7. The Morgan fingerprint density at radius 1 is 1.31 bits per heavy atom. The van der Waals surface area contributed by atoms with Crippen molar-refractivity contribution in [1.29, 1.82) is 0 Å². The summed E-state index contributed by atoms with van der Waals surface area (Å²) in [6.07, 6.45) is 2.70. The Kier molecular flexibility index (Phi) is 5.73. The van der Waals surface area contributed by atoms with Gasteiger partial charge in [-0.1, -0.05) is 13.8 Å². The number of hydrogen-bond acceptors (Lipinski definition) is 3. The van der Waals surface area contributed by atoms with Crippen molar-refractivity contribution in [2.45, 2.75) is 51.7 Å². The van der Waals surface area contributed by atoms with Crippen molar-refractivity contribution in [3.05, 3.63) is 0 Å². The van der Waals surface area contributed by atoms with Gasteiger partial charge in [0.05, 0.1) is 0 Å². The number of piperidine rings is 1. The maximum Gasteiger partial charge on any atom is 0.0217 e. The van der Waals surface area contributed by atoms with Gasteiger partial charge in [0.25, 0.3) is 0 Å². The molecular formula is C13H29N3. The highest BCUT2D eigenvalue weighted by Crippen LogP contribution is 2.15. The first-order chi connectivity index (χ1) is 7.50. The third-order valence-corrected chi connectivity index (χ3v) is 3.60. The lowest BCUT2D eigenvalue weighted by Gasteiger charge is -2.39. The molecule has 2 unspecified atom stereocenters. The molecule has 0 aliphatic carbocycles. The summed E-state index contributed by atoms with van der Waals surface area (Å²) in [5.41, 5.74) is 0. The van der Waals surface area contributed by atoms with Crippen molar-refractivity contribution in [2.75, 3.05) is 33.7 Å². The second kappa shape index (κ2) is 6.58. The molecule has 96 valence electrons. The summed E-state index contributed by atoms with van der Waals surface area (Å²) < 4.78 is 0. The summed E-state index contributed by atoms with van der Waals surface area (Å²) in [5.74, 6) is 0. The summed E-state index contributed by atoms with van der Waals surface area (Å²) in [4.78, 5) is 5.00. The molecule has 1 aliphatic rings. The van der Waals surface area contributed by atoms with Crippen molar-refractivity contribution < 1.29 is 0 Å². The van der Waals surface area contributed by atoms with Crippen LogP contribution in [0.5, 0.6) is 0 Å². The van der Waals surface area contributed by atoms with E-state index in [-0.39, 0.29) is 0 Å². The van der Waals surface area contributed by atoms with Gasteiger partial charge in [-0.2, -0.15) is 0 Å². The molecule has 3 heteroatoms. The molecule has 16 heavy (non-hydrogen) atoms. The van der Waals surface area contributed by atoms with Crippen LogP contribution in [0.3, 0.4) is 0 Å². The SMILES string of the molecule is CC(C)NCC(C)N1CCCC(N(C)C)C1. The predicted octanol–water partition coefficient (Wildman–Crippen LogP) is 1.40. The van der Waals surface area contributed by atoms with E-state index < -0.39 is 0 Å². The molecule has 2 atom stereocenters. The normalized spacial score (nSPS) is 25.3. The average Bonchev–Trinajstić information content (AvgIpc) is 2.26. The highest BCUT2D eigenvalue weighted by Gasteiger charge is 2.24. The Balaban J connectivity index is 2.34. The summed E-state index contributed by atoms with van der Waals surface area (Å²) in [5, 5.41) is 3.53. The van der Waals surface area contributed by atoms with Crippen LogP contribution in [0.2, 0.25) is 0 Å². The van der Waals surface area contributed by atoms with Crippen LogP contribution in [0.1, 0.15) is 33.6 Å². The lowest BCUT2D eigenvalue weighted by Crippen LogP contribution is -2.51. The predicted molar refractivity (Wildman–Crippen MR) is 70.9 cm³/mol. The van der Waals surface area contributed by atoms with Gasteiger partial charge >= 0.3 is 0 Å². The van der Waals surface area contributed by atoms with Crippen molar-refractivity contribution in [2.24, 2.45) is 0 Å². The molecule has 1 saturated heterocycles. The zero-order chi connectivity index (χ0) is 12.1. The molecule has 0 bridgehead atoms. The fourth-order valence-corrected chi connectivity index (χ4v) is 2.34. The first-order valence-electron chi connectivity index (χ1n) is 6.64. The summed E-state index contributed by atoms with van der Waals surface area (Å²) >= 11 is 0. The van der Waals surface area contributed by atoms with E-state index >= 15 is 0 Å². The molecule has 0 amide bonds. The van der Waals surface area contributed by atoms with Gasteiger partial charge in [-0.3, -0.25) is 4.90 Å². The largest absolute Gasteiger partial charge is 0.313 e. The van der Waals surface area contributed by atoms with E-state index in [4.69, 9.17) is 0 Å². The van der Waals surface area contributed by atoms with Gasteiger partial charge in [-0.15, -0.1) is 0 Å². The lowest BCUT2D eigenvalue weighted by atomic mass is 10.0. The smallest absolute Gasteiger partial charge is 0.0217 e. The molecule has 0 aromatic heterocycles.